The second-order valence-electron chi connectivity index (χ2n) is 6.49. The van der Waals surface area contributed by atoms with Gasteiger partial charge >= 0.3 is 15.8 Å². The van der Waals surface area contributed by atoms with Crippen molar-refractivity contribution in [2.45, 2.75) is 38.0 Å². The highest BCUT2D eigenvalue weighted by Crippen LogP contribution is 2.34. The molecule has 0 radical (unpaired) electrons. The van der Waals surface area contributed by atoms with E-state index in [1.54, 1.807) is 31.2 Å². The van der Waals surface area contributed by atoms with E-state index in [0.29, 0.717) is 5.56 Å². The van der Waals surface area contributed by atoms with Crippen LogP contribution in [0.1, 0.15) is 31.9 Å². The highest BCUT2D eigenvalue weighted by Gasteiger charge is 2.26. The molecule has 0 saturated carbocycles. The van der Waals surface area contributed by atoms with Gasteiger partial charge in [-0.15, -0.1) is 0 Å². The molecule has 7 heteroatoms. The minimum Gasteiger partial charge on any atom is -0.372 e. The van der Waals surface area contributed by atoms with E-state index in [1.807, 2.05) is 20.8 Å². The summed E-state index contributed by atoms with van der Waals surface area (Å²) in [7, 11) is -4.15. The Kier molecular flexibility index (Phi) is 4.66. The van der Waals surface area contributed by atoms with Crippen molar-refractivity contribution in [2.75, 3.05) is 0 Å². The van der Waals surface area contributed by atoms with Crippen LogP contribution in [0.5, 0.6) is 5.75 Å². The van der Waals surface area contributed by atoms with Crippen LogP contribution >= 0.6 is 0 Å². The van der Waals surface area contributed by atoms with Crippen LogP contribution in [0.25, 0.3) is 0 Å². The highest BCUT2D eigenvalue weighted by molar-refractivity contribution is 7.87. The van der Waals surface area contributed by atoms with Crippen molar-refractivity contribution in [3.05, 3.63) is 63.7 Å². The Balaban J connectivity index is 2.50. The summed E-state index contributed by atoms with van der Waals surface area (Å²) in [6, 6.07) is 10.6. The summed E-state index contributed by atoms with van der Waals surface area (Å²) in [5, 5.41) is 11.3. The molecule has 2 aromatic carbocycles. The molecule has 0 aliphatic rings. The molecular formula is C17H19NO5S. The van der Waals surface area contributed by atoms with Crippen LogP contribution < -0.4 is 4.18 Å². The molecule has 0 amide bonds. The van der Waals surface area contributed by atoms with Crippen LogP contribution in [0, 0.1) is 17.0 Å². The first-order chi connectivity index (χ1) is 11.0. The lowest BCUT2D eigenvalue weighted by Crippen LogP contribution is -2.14. The van der Waals surface area contributed by atoms with Crippen LogP contribution in [0.15, 0.2) is 47.4 Å². The van der Waals surface area contributed by atoms with E-state index in [1.165, 1.54) is 18.2 Å². The highest BCUT2D eigenvalue weighted by atomic mass is 32.2. The molecule has 0 saturated heterocycles. The summed E-state index contributed by atoms with van der Waals surface area (Å²) in [4.78, 5) is 10.7. The maximum absolute atomic E-state index is 12.4. The molecule has 0 aliphatic carbocycles. The normalized spacial score (nSPS) is 12.0. The smallest absolute Gasteiger partial charge is 0.339 e. The fourth-order valence-corrected chi connectivity index (χ4v) is 3.37. The number of aryl methyl sites for hydroxylation is 1. The van der Waals surface area contributed by atoms with Gasteiger partial charge in [0.05, 0.1) is 4.92 Å². The van der Waals surface area contributed by atoms with E-state index >= 15 is 0 Å². The Morgan fingerprint density at radius 1 is 1.08 bits per heavy atom. The van der Waals surface area contributed by atoms with Gasteiger partial charge < -0.3 is 4.18 Å². The number of hydrogen-bond acceptors (Lipinski definition) is 5. The third kappa shape index (κ3) is 3.73. The largest absolute Gasteiger partial charge is 0.372 e. The summed E-state index contributed by atoms with van der Waals surface area (Å²) in [5.41, 5.74) is 0.541. The van der Waals surface area contributed by atoms with Gasteiger partial charge in [-0.1, -0.05) is 45.0 Å². The van der Waals surface area contributed by atoms with E-state index in [2.05, 4.69) is 0 Å². The van der Waals surface area contributed by atoms with E-state index in [9.17, 15) is 18.5 Å². The fourth-order valence-electron chi connectivity index (χ4n) is 2.20. The molecule has 0 atom stereocenters. The lowest BCUT2D eigenvalue weighted by Gasteiger charge is -2.19. The topological polar surface area (TPSA) is 86.5 Å². The molecule has 2 aromatic rings. The first-order valence-electron chi connectivity index (χ1n) is 7.31. The van der Waals surface area contributed by atoms with Crippen LogP contribution in [0.3, 0.4) is 0 Å². The van der Waals surface area contributed by atoms with Crippen molar-refractivity contribution < 1.29 is 17.5 Å². The molecule has 2 rings (SSSR count). The summed E-state index contributed by atoms with van der Waals surface area (Å²) >= 11 is 0. The second-order valence-corrected chi connectivity index (χ2v) is 8.01. The molecule has 0 unspecified atom stereocenters. The summed E-state index contributed by atoms with van der Waals surface area (Å²) in [6.45, 7) is 7.37. The monoisotopic (exact) mass is 349 g/mol. The first kappa shape index (κ1) is 17.9. The lowest BCUT2D eigenvalue weighted by molar-refractivity contribution is -0.385. The van der Waals surface area contributed by atoms with Gasteiger partial charge in [0.25, 0.3) is 0 Å². The van der Waals surface area contributed by atoms with Crippen molar-refractivity contribution in [1.29, 1.82) is 0 Å². The van der Waals surface area contributed by atoms with E-state index in [4.69, 9.17) is 4.18 Å². The Morgan fingerprint density at radius 2 is 1.71 bits per heavy atom. The Bertz CT molecular complexity index is 882. The average Bonchev–Trinajstić information content (AvgIpc) is 2.46. The molecule has 24 heavy (non-hydrogen) atoms. The molecule has 0 N–H and O–H groups in total. The van der Waals surface area contributed by atoms with Gasteiger partial charge in [0.2, 0.25) is 5.75 Å². The summed E-state index contributed by atoms with van der Waals surface area (Å²) in [6.07, 6.45) is 0. The van der Waals surface area contributed by atoms with Gasteiger partial charge in [0.1, 0.15) is 4.90 Å². The number of nitrogens with zero attached hydrogens (tertiary/aromatic N) is 1. The number of nitro benzene ring substituents is 1. The second kappa shape index (κ2) is 6.24. The maximum atomic E-state index is 12.4. The zero-order valence-electron chi connectivity index (χ0n) is 13.9. The molecule has 0 bridgehead atoms. The molecule has 0 aliphatic heterocycles. The molecule has 6 nitrogen and oxygen atoms in total. The minimum absolute atomic E-state index is 0.0146. The molecule has 0 fully saturated rings. The van der Waals surface area contributed by atoms with E-state index in [-0.39, 0.29) is 21.7 Å². The van der Waals surface area contributed by atoms with Gasteiger partial charge in [0, 0.05) is 6.07 Å². The van der Waals surface area contributed by atoms with Gasteiger partial charge in [0.15, 0.2) is 0 Å². The number of hydrogen-bond donors (Lipinski definition) is 0. The number of nitro groups is 1. The lowest BCUT2D eigenvalue weighted by atomic mass is 9.87. The van der Waals surface area contributed by atoms with Crippen molar-refractivity contribution >= 4 is 15.8 Å². The Morgan fingerprint density at radius 3 is 2.25 bits per heavy atom. The van der Waals surface area contributed by atoms with Crippen LogP contribution in [0.4, 0.5) is 5.69 Å². The quantitative estimate of drug-likeness (QED) is 0.473. The van der Waals surface area contributed by atoms with Gasteiger partial charge in [-0.2, -0.15) is 8.42 Å². The van der Waals surface area contributed by atoms with Crippen LogP contribution in [0.2, 0.25) is 0 Å². The fraction of sp³-hybridized carbons (Fsp3) is 0.294. The minimum atomic E-state index is -4.15. The van der Waals surface area contributed by atoms with E-state index in [0.717, 1.165) is 5.56 Å². The Hall–Kier alpha value is -2.41. The predicted octanol–water partition coefficient (Wildman–Crippen LogP) is 3.97. The number of rotatable bonds is 4. The predicted molar refractivity (Wildman–Crippen MR) is 90.8 cm³/mol. The van der Waals surface area contributed by atoms with Crippen LogP contribution in [-0.2, 0) is 15.5 Å². The SMILES string of the molecule is Cc1ccccc1S(=O)(=O)Oc1ccc(C(C)(C)C)cc1[N+](=O)[O-]. The Labute approximate surface area is 141 Å². The molecule has 0 aromatic heterocycles. The van der Waals surface area contributed by atoms with Crippen molar-refractivity contribution in [1.82, 2.24) is 0 Å². The molecule has 128 valence electrons. The summed E-state index contributed by atoms with van der Waals surface area (Å²) in [5.74, 6) is -0.295. The third-order valence-electron chi connectivity index (χ3n) is 3.58. The maximum Gasteiger partial charge on any atom is 0.339 e. The zero-order chi connectivity index (χ0) is 18.1. The molecule has 0 heterocycles. The van der Waals surface area contributed by atoms with Crippen molar-refractivity contribution in [3.63, 3.8) is 0 Å². The van der Waals surface area contributed by atoms with Crippen molar-refractivity contribution in [2.24, 2.45) is 0 Å². The third-order valence-corrected chi connectivity index (χ3v) is 4.98. The number of benzene rings is 2. The van der Waals surface area contributed by atoms with Crippen molar-refractivity contribution in [3.8, 4) is 5.75 Å². The van der Waals surface area contributed by atoms with Gasteiger partial charge in [-0.25, -0.2) is 0 Å². The van der Waals surface area contributed by atoms with E-state index < -0.39 is 15.0 Å². The van der Waals surface area contributed by atoms with Crippen LogP contribution in [-0.4, -0.2) is 13.3 Å². The molecule has 0 spiro atoms. The molecular weight excluding hydrogens is 330 g/mol. The average molecular weight is 349 g/mol. The van der Waals surface area contributed by atoms with Gasteiger partial charge in [-0.05, 0) is 35.6 Å². The van der Waals surface area contributed by atoms with Gasteiger partial charge in [-0.3, -0.25) is 10.1 Å². The zero-order valence-corrected chi connectivity index (χ0v) is 14.8. The first-order valence-corrected chi connectivity index (χ1v) is 8.72. The standard InChI is InChI=1S/C17H19NO5S/c1-12-7-5-6-8-16(12)24(21,22)23-15-10-9-13(17(2,3)4)11-14(15)18(19)20/h5-11H,1-4H3. The summed E-state index contributed by atoms with van der Waals surface area (Å²) < 4.78 is 29.9.